The highest BCUT2D eigenvalue weighted by atomic mass is 32.1. The van der Waals surface area contributed by atoms with E-state index < -0.39 is 12.0 Å². The Morgan fingerprint density at radius 2 is 2.00 bits per heavy atom. The number of piperidine rings is 1. The number of benzene rings is 1. The maximum Gasteiger partial charge on any atom is 0.278 e. The number of rotatable bonds is 2. The van der Waals surface area contributed by atoms with Crippen LogP contribution in [0.2, 0.25) is 0 Å². The van der Waals surface area contributed by atoms with Crippen molar-refractivity contribution in [3.05, 3.63) is 35.4 Å². The van der Waals surface area contributed by atoms with Gasteiger partial charge in [-0.2, -0.15) is 0 Å². The van der Waals surface area contributed by atoms with Gasteiger partial charge in [-0.1, -0.05) is 30.8 Å². The minimum Gasteiger partial charge on any atom is -0.385 e. The molecule has 0 aliphatic carbocycles. The van der Waals surface area contributed by atoms with Crippen molar-refractivity contribution < 1.29 is 18.7 Å². The Morgan fingerprint density at radius 1 is 1.37 bits per heavy atom. The molecule has 6 heteroatoms. The topological polar surface area (TPSA) is 40.5 Å². The fraction of sp³-hybridized carbons (Fsp3) is 0.462. The zero-order valence-corrected chi connectivity index (χ0v) is 11.1. The van der Waals surface area contributed by atoms with Crippen LogP contribution in [0.15, 0.2) is 24.3 Å². The predicted molar refractivity (Wildman–Crippen MR) is 70.5 cm³/mol. The molecule has 0 bridgehead atoms. The van der Waals surface area contributed by atoms with E-state index in [4.69, 9.17) is 0 Å². The Labute approximate surface area is 115 Å². The lowest BCUT2D eigenvalue weighted by atomic mass is 9.84. The van der Waals surface area contributed by atoms with Crippen LogP contribution in [0.3, 0.4) is 0 Å². The molecule has 0 spiro atoms. The predicted octanol–water partition coefficient (Wildman–Crippen LogP) is 2.96. The van der Waals surface area contributed by atoms with Crippen LogP contribution in [0.1, 0.15) is 30.4 Å². The van der Waals surface area contributed by atoms with Crippen molar-refractivity contribution in [1.29, 1.82) is 0 Å². The fourth-order valence-electron chi connectivity index (χ4n) is 2.32. The summed E-state index contributed by atoms with van der Waals surface area (Å²) in [6.07, 6.45) is -1.90. The lowest BCUT2D eigenvalue weighted by Crippen LogP contribution is -2.43. The highest BCUT2D eigenvalue weighted by Crippen LogP contribution is 2.34. The molecule has 1 aliphatic heterocycles. The number of carbonyl (C=O) groups excluding carboxylic acids is 1. The second kappa shape index (κ2) is 5.46. The van der Waals surface area contributed by atoms with E-state index in [9.17, 15) is 18.7 Å². The minimum atomic E-state index is -2.55. The molecule has 1 aromatic carbocycles. The molecule has 1 N–H and O–H groups in total. The number of hydrogen-bond acceptors (Lipinski definition) is 2. The van der Waals surface area contributed by atoms with Gasteiger partial charge in [0.2, 0.25) is 0 Å². The van der Waals surface area contributed by atoms with E-state index in [-0.39, 0.29) is 10.8 Å². The molecule has 1 aliphatic rings. The smallest absolute Gasteiger partial charge is 0.278 e. The van der Waals surface area contributed by atoms with Crippen LogP contribution in [0.5, 0.6) is 0 Å². The van der Waals surface area contributed by atoms with Crippen LogP contribution in [0, 0.1) is 0 Å². The van der Waals surface area contributed by atoms with Gasteiger partial charge in [-0.05, 0) is 24.5 Å². The summed E-state index contributed by atoms with van der Waals surface area (Å²) in [5, 5.41) is 10.2. The standard InChI is InChI=1S/C13H15F2NO2S/c14-11(15)9-2-1-3-10(8-9)13(18)4-6-16(7-5-13)12(17)19/h1-3,8,11,18H,4-7H2,(H,17,19). The Bertz CT molecular complexity index is 473. The Morgan fingerprint density at radius 3 is 2.53 bits per heavy atom. The first-order chi connectivity index (χ1) is 8.92. The summed E-state index contributed by atoms with van der Waals surface area (Å²) >= 11 is 3.73. The van der Waals surface area contributed by atoms with Crippen LogP contribution in [0.4, 0.5) is 13.6 Å². The summed E-state index contributed by atoms with van der Waals surface area (Å²) < 4.78 is 25.3. The molecule has 1 fully saturated rings. The number of hydrogen-bond donors (Lipinski definition) is 2. The number of nitrogens with zero attached hydrogens (tertiary/aromatic N) is 1. The third-order valence-corrected chi connectivity index (χ3v) is 3.82. The van der Waals surface area contributed by atoms with E-state index in [0.717, 1.165) is 0 Å². The normalized spacial score (nSPS) is 18.7. The maximum absolute atomic E-state index is 12.7. The summed E-state index contributed by atoms with van der Waals surface area (Å²) in [7, 11) is 0. The van der Waals surface area contributed by atoms with E-state index in [0.29, 0.717) is 31.5 Å². The summed E-state index contributed by atoms with van der Waals surface area (Å²) in [4.78, 5) is 12.6. The maximum atomic E-state index is 12.7. The molecule has 0 saturated carbocycles. The number of alkyl halides is 2. The van der Waals surface area contributed by atoms with Crippen molar-refractivity contribution in [1.82, 2.24) is 4.90 Å². The molecule has 0 atom stereocenters. The summed E-state index contributed by atoms with van der Waals surface area (Å²) in [6, 6.07) is 5.84. The largest absolute Gasteiger partial charge is 0.385 e. The zero-order valence-electron chi connectivity index (χ0n) is 10.2. The molecule has 1 heterocycles. The van der Waals surface area contributed by atoms with Crippen LogP contribution in [-0.4, -0.2) is 28.3 Å². The van der Waals surface area contributed by atoms with Gasteiger partial charge in [0.05, 0.1) is 5.60 Å². The first kappa shape index (κ1) is 14.3. The highest BCUT2D eigenvalue weighted by molar-refractivity contribution is 7.96. The lowest BCUT2D eigenvalue weighted by molar-refractivity contribution is -0.0148. The molecule has 19 heavy (non-hydrogen) atoms. The summed E-state index contributed by atoms with van der Waals surface area (Å²) in [5.74, 6) is 0. The van der Waals surface area contributed by atoms with Crippen molar-refractivity contribution in [2.75, 3.05) is 13.1 Å². The Balaban J connectivity index is 2.17. The van der Waals surface area contributed by atoms with E-state index in [2.05, 4.69) is 12.6 Å². The van der Waals surface area contributed by atoms with Gasteiger partial charge in [-0.25, -0.2) is 8.78 Å². The number of halogens is 2. The highest BCUT2D eigenvalue weighted by Gasteiger charge is 2.35. The zero-order chi connectivity index (χ0) is 14.0. The van der Waals surface area contributed by atoms with E-state index in [1.54, 1.807) is 6.07 Å². The van der Waals surface area contributed by atoms with E-state index in [1.807, 2.05) is 0 Å². The number of carbonyl (C=O) groups is 1. The Kier molecular flexibility index (Phi) is 4.10. The molecular weight excluding hydrogens is 272 g/mol. The second-order valence-electron chi connectivity index (χ2n) is 4.73. The number of thiol groups is 1. The van der Waals surface area contributed by atoms with Crippen LogP contribution in [-0.2, 0) is 5.60 Å². The van der Waals surface area contributed by atoms with Crippen molar-refractivity contribution in [3.63, 3.8) is 0 Å². The first-order valence-electron chi connectivity index (χ1n) is 6.01. The number of amides is 1. The van der Waals surface area contributed by atoms with Gasteiger partial charge in [0, 0.05) is 18.7 Å². The SMILES string of the molecule is O=C(S)N1CCC(O)(c2cccc(C(F)F)c2)CC1. The van der Waals surface area contributed by atoms with Crippen molar-refractivity contribution in [3.8, 4) is 0 Å². The molecule has 0 radical (unpaired) electrons. The third kappa shape index (κ3) is 3.06. The van der Waals surface area contributed by atoms with Gasteiger partial charge in [0.25, 0.3) is 11.7 Å². The monoisotopic (exact) mass is 287 g/mol. The van der Waals surface area contributed by atoms with Gasteiger partial charge < -0.3 is 10.0 Å². The van der Waals surface area contributed by atoms with Crippen molar-refractivity contribution >= 4 is 17.9 Å². The summed E-state index contributed by atoms with van der Waals surface area (Å²) in [6.45, 7) is 0.746. The lowest BCUT2D eigenvalue weighted by Gasteiger charge is -2.38. The summed E-state index contributed by atoms with van der Waals surface area (Å²) in [5.41, 5.74) is -0.764. The Hall–Kier alpha value is -1.14. The third-order valence-electron chi connectivity index (χ3n) is 3.54. The van der Waals surface area contributed by atoms with Gasteiger partial charge in [0.15, 0.2) is 0 Å². The van der Waals surface area contributed by atoms with Crippen LogP contribution >= 0.6 is 12.6 Å². The van der Waals surface area contributed by atoms with Crippen LogP contribution < -0.4 is 0 Å². The average molecular weight is 287 g/mol. The molecule has 0 aromatic heterocycles. The fourth-order valence-corrected chi connectivity index (χ4v) is 2.52. The van der Waals surface area contributed by atoms with Gasteiger partial charge >= 0.3 is 0 Å². The molecule has 1 saturated heterocycles. The molecule has 1 amide bonds. The van der Waals surface area contributed by atoms with Gasteiger partial charge in [0.1, 0.15) is 0 Å². The van der Waals surface area contributed by atoms with Crippen molar-refractivity contribution in [2.24, 2.45) is 0 Å². The molecule has 1 aromatic rings. The van der Waals surface area contributed by atoms with Gasteiger partial charge in [-0.15, -0.1) is 0 Å². The van der Waals surface area contributed by atoms with Crippen LogP contribution in [0.25, 0.3) is 0 Å². The number of aliphatic hydroxyl groups is 1. The second-order valence-corrected chi connectivity index (χ2v) is 5.11. The molecule has 0 unspecified atom stereocenters. The minimum absolute atomic E-state index is 0.0985. The van der Waals surface area contributed by atoms with E-state index in [1.165, 1.54) is 23.1 Å². The molecule has 104 valence electrons. The molecule has 3 nitrogen and oxygen atoms in total. The van der Waals surface area contributed by atoms with E-state index >= 15 is 0 Å². The molecular formula is C13H15F2NO2S. The molecule has 2 rings (SSSR count). The van der Waals surface area contributed by atoms with Gasteiger partial charge in [-0.3, -0.25) is 4.79 Å². The quantitative estimate of drug-likeness (QED) is 0.821. The number of likely N-dealkylation sites (tertiary alicyclic amines) is 1. The first-order valence-corrected chi connectivity index (χ1v) is 6.46. The van der Waals surface area contributed by atoms with Crippen molar-refractivity contribution in [2.45, 2.75) is 24.9 Å². The average Bonchev–Trinajstić information content (AvgIpc) is 2.39.